The molecular formula is C15H21F3N2O. The summed E-state index contributed by atoms with van der Waals surface area (Å²) in [5.41, 5.74) is 4.74. The van der Waals surface area contributed by atoms with Crippen molar-refractivity contribution in [1.29, 1.82) is 0 Å². The molecular weight excluding hydrogens is 281 g/mol. The van der Waals surface area contributed by atoms with Crippen LogP contribution >= 0.6 is 0 Å². The maximum absolute atomic E-state index is 13.0. The van der Waals surface area contributed by atoms with Gasteiger partial charge in [0.15, 0.2) is 0 Å². The van der Waals surface area contributed by atoms with Crippen molar-refractivity contribution in [1.82, 2.24) is 4.90 Å². The van der Waals surface area contributed by atoms with Crippen LogP contribution in [0.3, 0.4) is 0 Å². The lowest BCUT2D eigenvalue weighted by molar-refractivity contribution is -0.139. The minimum atomic E-state index is -4.46. The van der Waals surface area contributed by atoms with E-state index in [0.717, 1.165) is 32.0 Å². The van der Waals surface area contributed by atoms with E-state index in [1.165, 1.54) is 12.1 Å². The predicted molar refractivity (Wildman–Crippen MR) is 76.2 cm³/mol. The maximum atomic E-state index is 13.0. The molecule has 1 aliphatic rings. The van der Waals surface area contributed by atoms with Crippen molar-refractivity contribution in [2.75, 3.05) is 18.8 Å². The average molecular weight is 302 g/mol. The van der Waals surface area contributed by atoms with Gasteiger partial charge in [-0.1, -0.05) is 0 Å². The predicted octanol–water partition coefficient (Wildman–Crippen LogP) is 3.54. The molecule has 0 spiro atoms. The molecule has 6 heteroatoms. The second-order valence-corrected chi connectivity index (χ2v) is 5.70. The van der Waals surface area contributed by atoms with E-state index in [9.17, 15) is 13.2 Å². The minimum absolute atomic E-state index is 0.0873. The van der Waals surface area contributed by atoms with Crippen molar-refractivity contribution in [3.8, 4) is 5.75 Å². The summed E-state index contributed by atoms with van der Waals surface area (Å²) in [6.45, 7) is 5.92. The highest BCUT2D eigenvalue weighted by Crippen LogP contribution is 2.38. The number of nitrogen functional groups attached to an aromatic ring is 1. The number of nitrogens with zero attached hydrogens (tertiary/aromatic N) is 1. The smallest absolute Gasteiger partial charge is 0.420 e. The molecule has 1 aromatic rings. The molecule has 2 rings (SSSR count). The summed E-state index contributed by atoms with van der Waals surface area (Å²) in [5.74, 6) is -0.125. The summed E-state index contributed by atoms with van der Waals surface area (Å²) in [7, 11) is 0. The SMILES string of the molecule is CC(C)N1CCC(Oc2ccc(N)cc2C(F)(F)F)CC1. The lowest BCUT2D eigenvalue weighted by Crippen LogP contribution is -2.41. The van der Waals surface area contributed by atoms with E-state index in [1.54, 1.807) is 0 Å². The van der Waals surface area contributed by atoms with Gasteiger partial charge in [0.2, 0.25) is 0 Å². The molecule has 0 bridgehead atoms. The number of nitrogens with two attached hydrogens (primary N) is 1. The second-order valence-electron chi connectivity index (χ2n) is 5.70. The van der Waals surface area contributed by atoms with Gasteiger partial charge >= 0.3 is 6.18 Å². The molecule has 1 fully saturated rings. The Morgan fingerprint density at radius 1 is 1.24 bits per heavy atom. The Morgan fingerprint density at radius 2 is 1.86 bits per heavy atom. The van der Waals surface area contributed by atoms with E-state index in [-0.39, 0.29) is 17.5 Å². The van der Waals surface area contributed by atoms with E-state index < -0.39 is 11.7 Å². The Hall–Kier alpha value is -1.43. The molecule has 0 saturated carbocycles. The zero-order valence-corrected chi connectivity index (χ0v) is 12.3. The molecule has 0 unspecified atom stereocenters. The first-order chi connectivity index (χ1) is 9.77. The number of hydrogen-bond donors (Lipinski definition) is 1. The van der Waals surface area contributed by atoms with Gasteiger partial charge in [-0.2, -0.15) is 13.2 Å². The molecule has 0 aliphatic carbocycles. The van der Waals surface area contributed by atoms with Crippen molar-refractivity contribution in [2.24, 2.45) is 0 Å². The average Bonchev–Trinajstić information content (AvgIpc) is 2.40. The number of likely N-dealkylation sites (tertiary alicyclic amines) is 1. The molecule has 1 aliphatic heterocycles. The normalized spacial score (nSPS) is 18.2. The van der Waals surface area contributed by atoms with Crippen LogP contribution in [0, 0.1) is 0 Å². The molecule has 0 atom stereocenters. The van der Waals surface area contributed by atoms with Crippen LogP contribution in [0.25, 0.3) is 0 Å². The molecule has 1 heterocycles. The van der Waals surface area contributed by atoms with Crippen molar-refractivity contribution in [3.63, 3.8) is 0 Å². The number of hydrogen-bond acceptors (Lipinski definition) is 3. The molecule has 0 aromatic heterocycles. The van der Waals surface area contributed by atoms with Gasteiger partial charge in [0.05, 0.1) is 5.56 Å². The molecule has 0 amide bonds. The molecule has 2 N–H and O–H groups in total. The molecule has 1 aromatic carbocycles. The molecule has 0 radical (unpaired) electrons. The van der Waals surface area contributed by atoms with Gasteiger partial charge < -0.3 is 15.4 Å². The van der Waals surface area contributed by atoms with Crippen LogP contribution in [0.1, 0.15) is 32.3 Å². The van der Waals surface area contributed by atoms with Gasteiger partial charge in [0.25, 0.3) is 0 Å². The van der Waals surface area contributed by atoms with Gasteiger partial charge in [0.1, 0.15) is 11.9 Å². The third-order valence-electron chi connectivity index (χ3n) is 3.81. The highest BCUT2D eigenvalue weighted by atomic mass is 19.4. The van der Waals surface area contributed by atoms with Crippen LogP contribution in [-0.4, -0.2) is 30.1 Å². The molecule has 1 saturated heterocycles. The van der Waals surface area contributed by atoms with E-state index in [2.05, 4.69) is 18.7 Å². The Morgan fingerprint density at radius 3 is 2.38 bits per heavy atom. The van der Waals surface area contributed by atoms with Gasteiger partial charge in [-0.25, -0.2) is 0 Å². The fourth-order valence-electron chi connectivity index (χ4n) is 2.56. The first kappa shape index (κ1) is 15.9. The first-order valence-corrected chi connectivity index (χ1v) is 7.15. The van der Waals surface area contributed by atoms with Gasteiger partial charge in [-0.05, 0) is 44.9 Å². The zero-order valence-electron chi connectivity index (χ0n) is 12.3. The zero-order chi connectivity index (χ0) is 15.6. The summed E-state index contributed by atoms with van der Waals surface area (Å²) in [6, 6.07) is 4.13. The summed E-state index contributed by atoms with van der Waals surface area (Å²) in [4.78, 5) is 2.30. The minimum Gasteiger partial charge on any atom is -0.490 e. The topological polar surface area (TPSA) is 38.5 Å². The number of piperidine rings is 1. The second kappa shape index (κ2) is 6.13. The van der Waals surface area contributed by atoms with Crippen molar-refractivity contribution in [3.05, 3.63) is 23.8 Å². The molecule has 118 valence electrons. The van der Waals surface area contributed by atoms with E-state index in [1.807, 2.05) is 0 Å². The van der Waals surface area contributed by atoms with Crippen LogP contribution in [0.15, 0.2) is 18.2 Å². The fourth-order valence-corrected chi connectivity index (χ4v) is 2.56. The standard InChI is InChI=1S/C15H21F3N2O/c1-10(2)20-7-5-12(6-8-20)21-14-4-3-11(19)9-13(14)15(16,17)18/h3-4,9-10,12H,5-8,19H2,1-2H3. The summed E-state index contributed by atoms with van der Waals surface area (Å²) in [6.07, 6.45) is -3.16. The maximum Gasteiger partial charge on any atom is 0.420 e. The lowest BCUT2D eigenvalue weighted by Gasteiger charge is -2.35. The molecule has 21 heavy (non-hydrogen) atoms. The number of rotatable bonds is 3. The third kappa shape index (κ3) is 4.03. The summed E-state index contributed by atoms with van der Waals surface area (Å²) < 4.78 is 44.6. The highest BCUT2D eigenvalue weighted by molar-refractivity contribution is 5.49. The molecule has 3 nitrogen and oxygen atoms in total. The van der Waals surface area contributed by atoms with Crippen molar-refractivity contribution in [2.45, 2.75) is 45.0 Å². The van der Waals surface area contributed by atoms with Crippen LogP contribution < -0.4 is 10.5 Å². The van der Waals surface area contributed by atoms with E-state index in [0.29, 0.717) is 6.04 Å². The Labute approximate surface area is 122 Å². The highest BCUT2D eigenvalue weighted by Gasteiger charge is 2.35. The number of alkyl halides is 3. The van der Waals surface area contributed by atoms with Crippen LogP contribution in [-0.2, 0) is 6.18 Å². The number of benzene rings is 1. The number of ether oxygens (including phenoxy) is 1. The van der Waals surface area contributed by atoms with Gasteiger partial charge in [-0.15, -0.1) is 0 Å². The quantitative estimate of drug-likeness (QED) is 0.868. The number of halogens is 3. The summed E-state index contributed by atoms with van der Waals surface area (Å²) >= 11 is 0. The van der Waals surface area contributed by atoms with E-state index in [4.69, 9.17) is 10.5 Å². The largest absolute Gasteiger partial charge is 0.490 e. The first-order valence-electron chi connectivity index (χ1n) is 7.15. The van der Waals surface area contributed by atoms with Crippen LogP contribution in [0.4, 0.5) is 18.9 Å². The summed E-state index contributed by atoms with van der Waals surface area (Å²) in [5, 5.41) is 0. The Bertz CT molecular complexity index is 480. The number of anilines is 1. The Kier molecular flexibility index (Phi) is 4.66. The fraction of sp³-hybridized carbons (Fsp3) is 0.600. The lowest BCUT2D eigenvalue weighted by atomic mass is 10.1. The van der Waals surface area contributed by atoms with Crippen molar-refractivity contribution < 1.29 is 17.9 Å². The van der Waals surface area contributed by atoms with Gasteiger partial charge in [-0.3, -0.25) is 0 Å². The van der Waals surface area contributed by atoms with Gasteiger partial charge in [0, 0.05) is 24.8 Å². The van der Waals surface area contributed by atoms with Crippen LogP contribution in [0.2, 0.25) is 0 Å². The van der Waals surface area contributed by atoms with Crippen LogP contribution in [0.5, 0.6) is 5.75 Å². The van der Waals surface area contributed by atoms with Crippen molar-refractivity contribution >= 4 is 5.69 Å². The third-order valence-corrected chi connectivity index (χ3v) is 3.81. The van der Waals surface area contributed by atoms with E-state index >= 15 is 0 Å². The monoisotopic (exact) mass is 302 g/mol. The Balaban J connectivity index is 2.07.